The average Bonchev–Trinajstić information content (AvgIpc) is 2.56. The van der Waals surface area contributed by atoms with Crippen LogP contribution in [-0.2, 0) is 0 Å². The van der Waals surface area contributed by atoms with Gasteiger partial charge in [0.25, 0.3) is 0 Å². The smallest absolute Gasteiger partial charge is 0.142 e. The fourth-order valence-corrected chi connectivity index (χ4v) is 1.39. The van der Waals surface area contributed by atoms with E-state index in [4.69, 9.17) is 5.73 Å². The number of nitrogen functional groups attached to an aromatic ring is 1. The summed E-state index contributed by atoms with van der Waals surface area (Å²) in [6.07, 6.45) is 3.15. The first-order valence-corrected chi connectivity index (χ1v) is 4.26. The summed E-state index contributed by atoms with van der Waals surface area (Å²) in [5.41, 5.74) is 8.75. The van der Waals surface area contributed by atoms with E-state index in [9.17, 15) is 0 Å². The Bertz CT molecular complexity index is 371. The Balaban J connectivity index is 2.48. The van der Waals surface area contributed by atoms with Gasteiger partial charge in [0.15, 0.2) is 0 Å². The van der Waals surface area contributed by atoms with E-state index < -0.39 is 0 Å². The zero-order chi connectivity index (χ0) is 8.39. The lowest BCUT2D eigenvalue weighted by atomic mass is 10.3. The molecule has 60 valence electrons. The van der Waals surface area contributed by atoms with Crippen molar-refractivity contribution in [3.8, 4) is 11.4 Å². The second-order valence-electron chi connectivity index (χ2n) is 2.20. The summed E-state index contributed by atoms with van der Waals surface area (Å²) in [5, 5.41) is 1.91. The van der Waals surface area contributed by atoms with Gasteiger partial charge in [-0.05, 0) is 0 Å². The molecule has 0 spiro atoms. The van der Waals surface area contributed by atoms with E-state index in [1.54, 1.807) is 11.7 Å². The molecule has 0 saturated heterocycles. The molecular formula is C7H6N4S. The van der Waals surface area contributed by atoms with Gasteiger partial charge in [0.1, 0.15) is 17.2 Å². The number of nitrogens with zero attached hydrogens (tertiary/aromatic N) is 3. The van der Waals surface area contributed by atoms with Crippen LogP contribution >= 0.6 is 11.3 Å². The maximum Gasteiger partial charge on any atom is 0.142 e. The van der Waals surface area contributed by atoms with Gasteiger partial charge in [0.2, 0.25) is 0 Å². The molecule has 0 saturated carbocycles. The molecule has 4 nitrogen and oxygen atoms in total. The van der Waals surface area contributed by atoms with Crippen molar-refractivity contribution in [2.24, 2.45) is 0 Å². The lowest BCUT2D eigenvalue weighted by Gasteiger charge is -1.94. The number of rotatable bonds is 1. The third kappa shape index (κ3) is 1.26. The largest absolute Gasteiger partial charge is 0.382 e. The molecule has 0 amide bonds. The van der Waals surface area contributed by atoms with Crippen molar-refractivity contribution in [3.05, 3.63) is 23.3 Å². The predicted molar refractivity (Wildman–Crippen MR) is 47.6 cm³/mol. The highest BCUT2D eigenvalue weighted by Gasteiger charge is 2.00. The molecule has 0 atom stereocenters. The minimum Gasteiger partial charge on any atom is -0.382 e. The summed E-state index contributed by atoms with van der Waals surface area (Å²) < 4.78 is 0. The second-order valence-corrected chi connectivity index (χ2v) is 2.92. The molecule has 0 aliphatic carbocycles. The highest BCUT2D eigenvalue weighted by molar-refractivity contribution is 7.07. The van der Waals surface area contributed by atoms with Crippen LogP contribution in [0.3, 0.4) is 0 Å². The van der Waals surface area contributed by atoms with E-state index in [-0.39, 0.29) is 0 Å². The highest BCUT2D eigenvalue weighted by Crippen LogP contribution is 2.15. The average molecular weight is 178 g/mol. The number of hydrogen-bond donors (Lipinski definition) is 1. The van der Waals surface area contributed by atoms with Crippen LogP contribution in [0.25, 0.3) is 11.4 Å². The Hall–Kier alpha value is -1.49. The lowest BCUT2D eigenvalue weighted by Crippen LogP contribution is -1.93. The first-order chi connectivity index (χ1) is 5.86. The molecule has 0 aliphatic rings. The summed E-state index contributed by atoms with van der Waals surface area (Å²) in [7, 11) is 0. The summed E-state index contributed by atoms with van der Waals surface area (Å²) in [6, 6.07) is 0. The highest BCUT2D eigenvalue weighted by atomic mass is 32.1. The van der Waals surface area contributed by atoms with E-state index in [2.05, 4.69) is 15.0 Å². The van der Waals surface area contributed by atoms with Crippen molar-refractivity contribution >= 4 is 17.2 Å². The molecule has 0 bridgehead atoms. The Morgan fingerprint density at radius 3 is 2.83 bits per heavy atom. The molecule has 0 fully saturated rings. The van der Waals surface area contributed by atoms with Crippen LogP contribution in [0.4, 0.5) is 5.82 Å². The summed E-state index contributed by atoms with van der Waals surface area (Å²) in [6.45, 7) is 0. The third-order valence-corrected chi connectivity index (χ3v) is 1.93. The maximum atomic E-state index is 5.47. The van der Waals surface area contributed by atoms with E-state index >= 15 is 0 Å². The van der Waals surface area contributed by atoms with E-state index in [0.717, 1.165) is 11.4 Å². The third-order valence-electron chi connectivity index (χ3n) is 1.35. The summed E-state index contributed by atoms with van der Waals surface area (Å²) >= 11 is 1.52. The van der Waals surface area contributed by atoms with Gasteiger partial charge >= 0.3 is 0 Å². The quantitative estimate of drug-likeness (QED) is 0.712. The number of hydrogen-bond acceptors (Lipinski definition) is 5. The van der Waals surface area contributed by atoms with E-state index in [1.807, 2.05) is 5.38 Å². The minimum atomic E-state index is 0.417. The van der Waals surface area contributed by atoms with Crippen LogP contribution in [0.1, 0.15) is 0 Å². The first-order valence-electron chi connectivity index (χ1n) is 3.32. The normalized spacial score (nSPS) is 10.0. The molecule has 12 heavy (non-hydrogen) atoms. The van der Waals surface area contributed by atoms with Gasteiger partial charge in [-0.25, -0.2) is 9.97 Å². The molecule has 2 rings (SSSR count). The molecule has 2 heterocycles. The SMILES string of the molecule is Nc1cncc(-c2cscn2)n1. The number of anilines is 1. The monoisotopic (exact) mass is 178 g/mol. The topological polar surface area (TPSA) is 64.7 Å². The van der Waals surface area contributed by atoms with Crippen molar-refractivity contribution in [1.82, 2.24) is 15.0 Å². The molecule has 2 aromatic rings. The first kappa shape index (κ1) is 7.17. The van der Waals surface area contributed by atoms with Crippen LogP contribution in [-0.4, -0.2) is 15.0 Å². The van der Waals surface area contributed by atoms with E-state index in [1.165, 1.54) is 17.5 Å². The van der Waals surface area contributed by atoms with Crippen molar-refractivity contribution in [1.29, 1.82) is 0 Å². The standard InChI is InChI=1S/C7H6N4S/c8-7-2-9-1-5(11-7)6-3-12-4-10-6/h1-4H,(H2,8,11). The van der Waals surface area contributed by atoms with Gasteiger partial charge < -0.3 is 5.73 Å². The van der Waals surface area contributed by atoms with Crippen molar-refractivity contribution in [3.63, 3.8) is 0 Å². The molecule has 5 heteroatoms. The maximum absolute atomic E-state index is 5.47. The lowest BCUT2D eigenvalue weighted by molar-refractivity contribution is 1.20. The molecule has 0 radical (unpaired) electrons. The molecule has 0 aliphatic heterocycles. The van der Waals surface area contributed by atoms with Crippen molar-refractivity contribution in [2.75, 3.05) is 5.73 Å². The van der Waals surface area contributed by atoms with Gasteiger partial charge in [-0.15, -0.1) is 11.3 Å². The minimum absolute atomic E-state index is 0.417. The molecular weight excluding hydrogens is 172 g/mol. The zero-order valence-corrected chi connectivity index (χ0v) is 6.95. The van der Waals surface area contributed by atoms with Gasteiger partial charge in [-0.3, -0.25) is 4.98 Å². The molecule has 2 N–H and O–H groups in total. The fraction of sp³-hybridized carbons (Fsp3) is 0. The number of thiazole rings is 1. The van der Waals surface area contributed by atoms with Crippen LogP contribution in [0, 0.1) is 0 Å². The molecule has 0 unspecified atom stereocenters. The number of aromatic nitrogens is 3. The predicted octanol–water partition coefficient (Wildman–Crippen LogP) is 1.18. The Morgan fingerprint density at radius 1 is 1.25 bits per heavy atom. The Morgan fingerprint density at radius 2 is 2.17 bits per heavy atom. The van der Waals surface area contributed by atoms with Crippen LogP contribution in [0.15, 0.2) is 23.3 Å². The fourth-order valence-electron chi connectivity index (χ4n) is 0.843. The Labute approximate surface area is 73.1 Å². The van der Waals surface area contributed by atoms with E-state index in [0.29, 0.717) is 5.82 Å². The van der Waals surface area contributed by atoms with Gasteiger partial charge in [0.05, 0.1) is 17.9 Å². The Kier molecular flexibility index (Phi) is 1.71. The zero-order valence-electron chi connectivity index (χ0n) is 6.14. The van der Waals surface area contributed by atoms with Gasteiger partial charge in [0, 0.05) is 5.38 Å². The van der Waals surface area contributed by atoms with Gasteiger partial charge in [-0.2, -0.15) is 0 Å². The van der Waals surface area contributed by atoms with Crippen LogP contribution in [0.2, 0.25) is 0 Å². The van der Waals surface area contributed by atoms with Crippen LogP contribution in [0.5, 0.6) is 0 Å². The van der Waals surface area contributed by atoms with Crippen molar-refractivity contribution < 1.29 is 0 Å². The van der Waals surface area contributed by atoms with Crippen LogP contribution < -0.4 is 5.73 Å². The molecule has 0 aromatic carbocycles. The summed E-state index contributed by atoms with van der Waals surface area (Å²) in [4.78, 5) is 12.1. The number of nitrogens with two attached hydrogens (primary N) is 1. The molecule has 2 aromatic heterocycles. The summed E-state index contributed by atoms with van der Waals surface area (Å²) in [5.74, 6) is 0.417. The second kappa shape index (κ2) is 2.86. The van der Waals surface area contributed by atoms with Crippen molar-refractivity contribution in [2.45, 2.75) is 0 Å². The van der Waals surface area contributed by atoms with Gasteiger partial charge in [-0.1, -0.05) is 0 Å².